The number of carbonyl (C=O) groups is 2. The Bertz CT molecular complexity index is 433. The molecule has 0 radical (unpaired) electrons. The van der Waals surface area contributed by atoms with Gasteiger partial charge in [-0.1, -0.05) is 18.2 Å². The Kier molecular flexibility index (Phi) is 6.06. The molecule has 0 saturated carbocycles. The summed E-state index contributed by atoms with van der Waals surface area (Å²) in [7, 11) is 0. The predicted molar refractivity (Wildman–Crippen MR) is 76.3 cm³/mol. The van der Waals surface area contributed by atoms with Gasteiger partial charge in [0.05, 0.1) is 0 Å². The molecule has 0 unspecified atom stereocenters. The second-order valence-electron chi connectivity index (χ2n) is 4.43. The van der Waals surface area contributed by atoms with Crippen molar-refractivity contribution in [1.29, 1.82) is 0 Å². The Hall–Kier alpha value is -1.84. The van der Waals surface area contributed by atoms with Crippen molar-refractivity contribution in [1.82, 2.24) is 10.2 Å². The maximum absolute atomic E-state index is 12.0. The minimum absolute atomic E-state index is 0.000997. The second kappa shape index (κ2) is 7.56. The molecule has 0 aromatic rings. The zero-order valence-electron chi connectivity index (χ0n) is 11.9. The van der Waals surface area contributed by atoms with Crippen molar-refractivity contribution in [2.24, 2.45) is 0 Å². The van der Waals surface area contributed by atoms with Crippen LogP contribution in [0.3, 0.4) is 0 Å². The van der Waals surface area contributed by atoms with E-state index in [2.05, 4.69) is 5.32 Å². The number of hydrogen-bond donors (Lipinski definition) is 1. The molecule has 4 heteroatoms. The summed E-state index contributed by atoms with van der Waals surface area (Å²) >= 11 is 0. The van der Waals surface area contributed by atoms with Crippen LogP contribution in [0.5, 0.6) is 0 Å². The Labute approximate surface area is 114 Å². The van der Waals surface area contributed by atoms with E-state index in [4.69, 9.17) is 0 Å². The van der Waals surface area contributed by atoms with Gasteiger partial charge in [0.25, 0.3) is 5.91 Å². The summed E-state index contributed by atoms with van der Waals surface area (Å²) < 4.78 is 0. The number of carbonyl (C=O) groups excluding carboxylic acids is 2. The van der Waals surface area contributed by atoms with Gasteiger partial charge in [0.2, 0.25) is 0 Å². The third-order valence-electron chi connectivity index (χ3n) is 2.87. The van der Waals surface area contributed by atoms with E-state index in [9.17, 15) is 9.59 Å². The SMILES string of the molecule is C/C=C/C(=C\N1CCCC=C1C(=O)NCC)C(C)=O. The summed E-state index contributed by atoms with van der Waals surface area (Å²) in [6.45, 7) is 6.65. The van der Waals surface area contributed by atoms with Gasteiger partial charge in [-0.3, -0.25) is 9.59 Å². The molecule has 1 N–H and O–H groups in total. The molecule has 104 valence electrons. The van der Waals surface area contributed by atoms with Gasteiger partial charge < -0.3 is 10.2 Å². The fourth-order valence-electron chi connectivity index (χ4n) is 1.95. The van der Waals surface area contributed by atoms with Gasteiger partial charge in [-0.15, -0.1) is 0 Å². The molecule has 0 aromatic heterocycles. The smallest absolute Gasteiger partial charge is 0.267 e. The molecule has 0 fully saturated rings. The molecule has 1 amide bonds. The Balaban J connectivity index is 2.98. The minimum Gasteiger partial charge on any atom is -0.351 e. The van der Waals surface area contributed by atoms with Gasteiger partial charge in [-0.05, 0) is 33.6 Å². The van der Waals surface area contributed by atoms with Crippen LogP contribution in [0.25, 0.3) is 0 Å². The quantitative estimate of drug-likeness (QED) is 0.610. The molecule has 19 heavy (non-hydrogen) atoms. The summed E-state index contributed by atoms with van der Waals surface area (Å²) in [5.41, 5.74) is 1.25. The van der Waals surface area contributed by atoms with Crippen molar-refractivity contribution < 1.29 is 9.59 Å². The van der Waals surface area contributed by atoms with Crippen molar-refractivity contribution in [2.75, 3.05) is 13.1 Å². The molecule has 0 spiro atoms. The van der Waals surface area contributed by atoms with Crippen LogP contribution in [0, 0.1) is 0 Å². The molecule has 1 aliphatic heterocycles. The summed E-state index contributed by atoms with van der Waals surface area (Å²) in [6, 6.07) is 0. The van der Waals surface area contributed by atoms with E-state index < -0.39 is 0 Å². The average Bonchev–Trinajstić information content (AvgIpc) is 2.39. The van der Waals surface area contributed by atoms with E-state index in [1.807, 2.05) is 30.9 Å². The van der Waals surface area contributed by atoms with E-state index in [0.29, 0.717) is 17.8 Å². The van der Waals surface area contributed by atoms with Crippen molar-refractivity contribution >= 4 is 11.7 Å². The van der Waals surface area contributed by atoms with E-state index in [1.54, 1.807) is 12.3 Å². The van der Waals surface area contributed by atoms with E-state index in [-0.39, 0.29) is 11.7 Å². The molecule has 1 heterocycles. The third-order valence-corrected chi connectivity index (χ3v) is 2.87. The standard InChI is InChI=1S/C15H22N2O2/c1-4-8-13(12(3)18)11-17-10-7-6-9-14(17)15(19)16-5-2/h4,8-9,11H,5-7,10H2,1-3H3,(H,16,19)/b8-4+,13-11+. The fourth-order valence-corrected chi connectivity index (χ4v) is 1.95. The lowest BCUT2D eigenvalue weighted by Gasteiger charge is -2.27. The summed E-state index contributed by atoms with van der Waals surface area (Å²) in [5.74, 6) is -0.0826. The zero-order chi connectivity index (χ0) is 14.3. The molecule has 1 rings (SSSR count). The van der Waals surface area contributed by atoms with Crippen LogP contribution in [0.4, 0.5) is 0 Å². The maximum Gasteiger partial charge on any atom is 0.267 e. The second-order valence-corrected chi connectivity index (χ2v) is 4.43. The third kappa shape index (κ3) is 4.39. The minimum atomic E-state index is -0.0816. The number of ketones is 1. The van der Waals surface area contributed by atoms with Crippen LogP contribution >= 0.6 is 0 Å². The molecule has 0 atom stereocenters. The van der Waals surface area contributed by atoms with Gasteiger partial charge in [0, 0.05) is 24.9 Å². The first-order valence-electron chi connectivity index (χ1n) is 6.70. The van der Waals surface area contributed by atoms with Crippen LogP contribution in [-0.4, -0.2) is 29.7 Å². The van der Waals surface area contributed by atoms with Gasteiger partial charge >= 0.3 is 0 Å². The van der Waals surface area contributed by atoms with Gasteiger partial charge in [0.1, 0.15) is 5.70 Å². The molecule has 0 aromatic carbocycles. The lowest BCUT2D eigenvalue weighted by molar-refractivity contribution is -0.119. The number of allylic oxidation sites excluding steroid dienone is 4. The largest absolute Gasteiger partial charge is 0.351 e. The van der Waals surface area contributed by atoms with Crippen LogP contribution < -0.4 is 5.32 Å². The zero-order valence-corrected chi connectivity index (χ0v) is 11.9. The highest BCUT2D eigenvalue weighted by molar-refractivity contribution is 5.97. The highest BCUT2D eigenvalue weighted by Gasteiger charge is 2.19. The number of amides is 1. The normalized spacial score (nSPS) is 16.5. The van der Waals surface area contributed by atoms with Crippen molar-refractivity contribution in [3.63, 3.8) is 0 Å². The lowest BCUT2D eigenvalue weighted by Crippen LogP contribution is -2.34. The summed E-state index contributed by atoms with van der Waals surface area (Å²) in [6.07, 6.45) is 9.18. The van der Waals surface area contributed by atoms with E-state index in [1.165, 1.54) is 6.92 Å². The fraction of sp³-hybridized carbons (Fsp3) is 0.467. The Morgan fingerprint density at radius 3 is 2.79 bits per heavy atom. The Morgan fingerprint density at radius 1 is 1.47 bits per heavy atom. The van der Waals surface area contributed by atoms with Gasteiger partial charge in [-0.25, -0.2) is 0 Å². The number of Topliss-reactive ketones (excluding diaryl/α,β-unsaturated/α-hetero) is 1. The first-order valence-corrected chi connectivity index (χ1v) is 6.70. The first-order chi connectivity index (χ1) is 9.10. The van der Waals surface area contributed by atoms with Crippen molar-refractivity contribution in [3.05, 3.63) is 35.7 Å². The van der Waals surface area contributed by atoms with Crippen LogP contribution in [0.1, 0.15) is 33.6 Å². The number of likely N-dealkylation sites (N-methyl/N-ethyl adjacent to an activating group) is 1. The number of nitrogens with one attached hydrogen (secondary N) is 1. The highest BCUT2D eigenvalue weighted by Crippen LogP contribution is 2.17. The summed E-state index contributed by atoms with van der Waals surface area (Å²) in [5, 5.41) is 2.80. The Morgan fingerprint density at radius 2 is 2.21 bits per heavy atom. The van der Waals surface area contributed by atoms with Gasteiger partial charge in [0.15, 0.2) is 5.78 Å². The molecule has 4 nitrogen and oxygen atoms in total. The molecule has 0 saturated heterocycles. The number of nitrogens with zero attached hydrogens (tertiary/aromatic N) is 1. The predicted octanol–water partition coefficient (Wildman–Crippen LogP) is 2.15. The number of rotatable bonds is 5. The highest BCUT2D eigenvalue weighted by atomic mass is 16.2. The topological polar surface area (TPSA) is 49.4 Å². The maximum atomic E-state index is 12.0. The molecule has 0 aliphatic carbocycles. The van der Waals surface area contributed by atoms with Crippen molar-refractivity contribution in [2.45, 2.75) is 33.6 Å². The lowest BCUT2D eigenvalue weighted by atomic mass is 10.1. The van der Waals surface area contributed by atoms with Gasteiger partial charge in [-0.2, -0.15) is 0 Å². The molecular weight excluding hydrogens is 240 g/mol. The summed E-state index contributed by atoms with van der Waals surface area (Å²) in [4.78, 5) is 25.4. The number of hydrogen-bond acceptors (Lipinski definition) is 3. The molecule has 0 bridgehead atoms. The molecular formula is C15H22N2O2. The van der Waals surface area contributed by atoms with E-state index in [0.717, 1.165) is 19.4 Å². The van der Waals surface area contributed by atoms with E-state index >= 15 is 0 Å². The van der Waals surface area contributed by atoms with Crippen LogP contribution in [0.15, 0.2) is 35.7 Å². The molecule has 1 aliphatic rings. The van der Waals surface area contributed by atoms with Crippen LogP contribution in [-0.2, 0) is 9.59 Å². The van der Waals surface area contributed by atoms with Crippen LogP contribution in [0.2, 0.25) is 0 Å². The van der Waals surface area contributed by atoms with Crippen molar-refractivity contribution in [3.8, 4) is 0 Å². The first kappa shape index (κ1) is 15.2. The monoisotopic (exact) mass is 262 g/mol. The average molecular weight is 262 g/mol.